The first kappa shape index (κ1) is 8.99. The predicted molar refractivity (Wildman–Crippen MR) is 48.5 cm³/mol. The molecule has 1 aromatic rings. The van der Waals surface area contributed by atoms with Crippen LogP contribution in [0.15, 0.2) is 18.2 Å². The molecule has 0 saturated carbocycles. The summed E-state index contributed by atoms with van der Waals surface area (Å²) in [7, 11) is 0. The van der Waals surface area contributed by atoms with Crippen LogP contribution in [0.3, 0.4) is 0 Å². The topological polar surface area (TPSA) is 38.3 Å². The van der Waals surface area contributed by atoms with E-state index >= 15 is 0 Å². The third-order valence-corrected chi connectivity index (χ3v) is 2.28. The molecular formula is C10H10FNO2. The Hall–Kier alpha value is -1.58. The lowest BCUT2D eigenvalue weighted by Crippen LogP contribution is -2.26. The number of halogens is 1. The van der Waals surface area contributed by atoms with Gasteiger partial charge in [-0.15, -0.1) is 0 Å². The molecule has 3 nitrogen and oxygen atoms in total. The number of hydrogen-bond acceptors (Lipinski definition) is 2. The quantitative estimate of drug-likeness (QED) is 0.724. The minimum atomic E-state index is -0.313. The number of carbonyl (C=O) groups is 1. The van der Waals surface area contributed by atoms with E-state index in [-0.39, 0.29) is 11.9 Å². The van der Waals surface area contributed by atoms with E-state index in [4.69, 9.17) is 4.74 Å². The first-order valence-electron chi connectivity index (χ1n) is 4.43. The monoisotopic (exact) mass is 195 g/mol. The maximum absolute atomic E-state index is 12.9. The zero-order chi connectivity index (χ0) is 9.97. The van der Waals surface area contributed by atoms with Crippen molar-refractivity contribution in [3.05, 3.63) is 29.6 Å². The van der Waals surface area contributed by atoms with Gasteiger partial charge in [-0.2, -0.15) is 0 Å². The highest BCUT2D eigenvalue weighted by atomic mass is 19.1. The molecule has 14 heavy (non-hydrogen) atoms. The number of benzene rings is 1. The maximum Gasteiger partial charge on any atom is 0.207 e. The molecule has 1 unspecified atom stereocenters. The van der Waals surface area contributed by atoms with Crippen molar-refractivity contribution in [2.45, 2.75) is 12.5 Å². The van der Waals surface area contributed by atoms with Gasteiger partial charge in [0.15, 0.2) is 0 Å². The lowest BCUT2D eigenvalue weighted by molar-refractivity contribution is -0.110. The fraction of sp³-hybridized carbons (Fsp3) is 0.300. The molecule has 1 amide bonds. The number of fused-ring (bicyclic) bond motifs is 1. The van der Waals surface area contributed by atoms with Crippen molar-refractivity contribution >= 4 is 6.41 Å². The van der Waals surface area contributed by atoms with Crippen molar-refractivity contribution in [1.82, 2.24) is 5.32 Å². The van der Waals surface area contributed by atoms with E-state index in [1.54, 1.807) is 6.07 Å². The van der Waals surface area contributed by atoms with E-state index in [1.165, 1.54) is 12.1 Å². The second-order valence-corrected chi connectivity index (χ2v) is 3.16. The third-order valence-electron chi connectivity index (χ3n) is 2.28. The van der Waals surface area contributed by atoms with Gasteiger partial charge in [-0.3, -0.25) is 4.79 Å². The molecule has 2 rings (SSSR count). The highest BCUT2D eigenvalue weighted by molar-refractivity contribution is 5.49. The molecular weight excluding hydrogens is 185 g/mol. The van der Waals surface area contributed by atoms with Crippen LogP contribution in [0.1, 0.15) is 18.0 Å². The van der Waals surface area contributed by atoms with E-state index in [1.807, 2.05) is 0 Å². The molecule has 0 fully saturated rings. The number of nitrogens with one attached hydrogen (secondary N) is 1. The summed E-state index contributed by atoms with van der Waals surface area (Å²) in [6, 6.07) is 4.20. The molecule has 1 aliphatic heterocycles. The minimum absolute atomic E-state index is 0.132. The number of carbonyl (C=O) groups excluding carboxylic acids is 1. The van der Waals surface area contributed by atoms with Crippen molar-refractivity contribution < 1.29 is 13.9 Å². The van der Waals surface area contributed by atoms with Crippen LogP contribution in [0.4, 0.5) is 4.39 Å². The molecule has 74 valence electrons. The summed E-state index contributed by atoms with van der Waals surface area (Å²) >= 11 is 0. The summed E-state index contributed by atoms with van der Waals surface area (Å²) in [5.41, 5.74) is 0.711. The Bertz CT molecular complexity index is 354. The third kappa shape index (κ3) is 1.55. The van der Waals surface area contributed by atoms with Crippen LogP contribution in [0.25, 0.3) is 0 Å². The van der Waals surface area contributed by atoms with Gasteiger partial charge in [0.1, 0.15) is 11.6 Å². The Morgan fingerprint density at radius 3 is 3.21 bits per heavy atom. The summed E-state index contributed by atoms with van der Waals surface area (Å²) in [5.74, 6) is 0.337. The molecule has 1 N–H and O–H groups in total. The van der Waals surface area contributed by atoms with Crippen molar-refractivity contribution in [2.75, 3.05) is 6.61 Å². The molecule has 0 spiro atoms. The van der Waals surface area contributed by atoms with Crippen molar-refractivity contribution in [2.24, 2.45) is 0 Å². The summed E-state index contributed by atoms with van der Waals surface area (Å²) in [4.78, 5) is 10.3. The van der Waals surface area contributed by atoms with E-state index in [0.29, 0.717) is 30.8 Å². The number of rotatable bonds is 2. The standard InChI is InChI=1S/C10H10FNO2/c11-7-1-2-10-8(5-7)9(12-6-13)3-4-14-10/h1-2,5-6,9H,3-4H2,(H,12,13). The Kier molecular flexibility index (Phi) is 2.35. The minimum Gasteiger partial charge on any atom is -0.493 e. The molecule has 1 aliphatic rings. The van der Waals surface area contributed by atoms with Gasteiger partial charge in [0.25, 0.3) is 0 Å². The number of hydrogen-bond donors (Lipinski definition) is 1. The van der Waals surface area contributed by atoms with Gasteiger partial charge in [0.2, 0.25) is 6.41 Å². The van der Waals surface area contributed by atoms with Crippen LogP contribution in [0.2, 0.25) is 0 Å². The SMILES string of the molecule is O=CNC1CCOc2ccc(F)cc21. The predicted octanol–water partition coefficient (Wildman–Crippen LogP) is 1.40. The molecule has 1 atom stereocenters. The lowest BCUT2D eigenvalue weighted by Gasteiger charge is -2.25. The van der Waals surface area contributed by atoms with Gasteiger partial charge in [0.05, 0.1) is 12.6 Å². The molecule has 0 bridgehead atoms. The summed E-state index contributed by atoms with van der Waals surface area (Å²) in [5, 5.41) is 2.64. The van der Waals surface area contributed by atoms with E-state index in [2.05, 4.69) is 5.32 Å². The maximum atomic E-state index is 12.9. The van der Waals surface area contributed by atoms with Crippen LogP contribution < -0.4 is 10.1 Å². The second kappa shape index (κ2) is 3.65. The normalized spacial score (nSPS) is 19.4. The van der Waals surface area contributed by atoms with E-state index < -0.39 is 0 Å². The van der Waals surface area contributed by atoms with Gasteiger partial charge in [-0.05, 0) is 18.2 Å². The average molecular weight is 195 g/mol. The molecule has 0 aliphatic carbocycles. The first-order chi connectivity index (χ1) is 6.81. The fourth-order valence-electron chi connectivity index (χ4n) is 1.62. The van der Waals surface area contributed by atoms with E-state index in [0.717, 1.165) is 0 Å². The van der Waals surface area contributed by atoms with Crippen LogP contribution in [-0.4, -0.2) is 13.0 Å². The van der Waals surface area contributed by atoms with Crippen LogP contribution in [0, 0.1) is 5.82 Å². The van der Waals surface area contributed by atoms with Crippen molar-refractivity contribution in [1.29, 1.82) is 0 Å². The van der Waals surface area contributed by atoms with Gasteiger partial charge in [0, 0.05) is 12.0 Å². The average Bonchev–Trinajstić information content (AvgIpc) is 2.19. The zero-order valence-corrected chi connectivity index (χ0v) is 7.50. The van der Waals surface area contributed by atoms with Crippen LogP contribution in [0.5, 0.6) is 5.75 Å². The molecule has 0 radical (unpaired) electrons. The zero-order valence-electron chi connectivity index (χ0n) is 7.50. The van der Waals surface area contributed by atoms with E-state index in [9.17, 15) is 9.18 Å². The lowest BCUT2D eigenvalue weighted by atomic mass is 10.0. The largest absolute Gasteiger partial charge is 0.493 e. The second-order valence-electron chi connectivity index (χ2n) is 3.16. The van der Waals surface area contributed by atoms with Gasteiger partial charge >= 0.3 is 0 Å². The molecule has 0 saturated heterocycles. The van der Waals surface area contributed by atoms with Crippen LogP contribution >= 0.6 is 0 Å². The number of ether oxygens (including phenoxy) is 1. The summed E-state index contributed by atoms with van der Waals surface area (Å²) < 4.78 is 18.3. The molecule has 4 heteroatoms. The Balaban J connectivity index is 2.36. The Labute approximate surface area is 80.9 Å². The van der Waals surface area contributed by atoms with Gasteiger partial charge in [-0.1, -0.05) is 0 Å². The Morgan fingerprint density at radius 1 is 1.57 bits per heavy atom. The molecule has 0 aromatic heterocycles. The number of amides is 1. The summed E-state index contributed by atoms with van der Waals surface area (Å²) in [6.07, 6.45) is 1.31. The van der Waals surface area contributed by atoms with Crippen molar-refractivity contribution in [3.63, 3.8) is 0 Å². The van der Waals surface area contributed by atoms with Gasteiger partial charge in [-0.25, -0.2) is 4.39 Å². The van der Waals surface area contributed by atoms with Gasteiger partial charge < -0.3 is 10.1 Å². The molecule has 1 heterocycles. The first-order valence-corrected chi connectivity index (χ1v) is 4.43. The summed E-state index contributed by atoms with van der Waals surface area (Å²) in [6.45, 7) is 0.546. The fourth-order valence-corrected chi connectivity index (χ4v) is 1.62. The van der Waals surface area contributed by atoms with Crippen LogP contribution in [-0.2, 0) is 4.79 Å². The highest BCUT2D eigenvalue weighted by Gasteiger charge is 2.20. The smallest absolute Gasteiger partial charge is 0.207 e. The molecule has 1 aromatic carbocycles. The van der Waals surface area contributed by atoms with Crippen molar-refractivity contribution in [3.8, 4) is 5.75 Å². The Morgan fingerprint density at radius 2 is 2.43 bits per heavy atom. The highest BCUT2D eigenvalue weighted by Crippen LogP contribution is 2.31.